The molecule has 6 heteroatoms. The maximum absolute atomic E-state index is 12.5. The van der Waals surface area contributed by atoms with Gasteiger partial charge in [0.1, 0.15) is 0 Å². The van der Waals surface area contributed by atoms with Gasteiger partial charge in [0.2, 0.25) is 0 Å². The van der Waals surface area contributed by atoms with Crippen LogP contribution in [0, 0.1) is 0 Å². The molecular weight excluding hydrogens is 388 g/mol. The first kappa shape index (κ1) is 18.7. The van der Waals surface area contributed by atoms with E-state index in [9.17, 15) is 9.59 Å². The molecule has 4 nitrogen and oxygen atoms in total. The zero-order valence-corrected chi connectivity index (χ0v) is 16.6. The molecule has 0 bridgehead atoms. The molecule has 0 aliphatic carbocycles. The Labute approximate surface area is 155 Å². The number of rotatable bonds is 4. The molecule has 24 heavy (non-hydrogen) atoms. The highest BCUT2D eigenvalue weighted by Crippen LogP contribution is 2.21. The van der Waals surface area contributed by atoms with E-state index in [0.717, 1.165) is 9.35 Å². The summed E-state index contributed by atoms with van der Waals surface area (Å²) in [5.41, 5.74) is 0.826. The van der Waals surface area contributed by atoms with Gasteiger partial charge in [-0.25, -0.2) is 0 Å². The van der Waals surface area contributed by atoms with E-state index in [-0.39, 0.29) is 17.4 Å². The first-order valence-electron chi connectivity index (χ1n) is 7.57. The van der Waals surface area contributed by atoms with Crippen molar-refractivity contribution in [2.75, 3.05) is 7.05 Å². The lowest BCUT2D eigenvalue weighted by Gasteiger charge is -2.20. The van der Waals surface area contributed by atoms with Crippen molar-refractivity contribution in [2.24, 2.45) is 0 Å². The number of hydrogen-bond donors (Lipinski definition) is 1. The SMILES string of the molecule is CN(Cc1cc(Br)cs1)C(=O)c1ccc(C(=O)NC(C)(C)C)cc1. The standard InChI is InChI=1S/C18H21BrN2O2S/c1-18(2,3)20-16(22)12-5-7-13(8-6-12)17(23)21(4)10-15-9-14(19)11-24-15/h5-9,11H,10H2,1-4H3,(H,20,22). The van der Waals surface area contributed by atoms with Crippen LogP contribution in [-0.4, -0.2) is 29.3 Å². The number of halogens is 1. The largest absolute Gasteiger partial charge is 0.347 e. The van der Waals surface area contributed by atoms with Gasteiger partial charge in [0.25, 0.3) is 11.8 Å². The predicted molar refractivity (Wildman–Crippen MR) is 101 cm³/mol. The van der Waals surface area contributed by atoms with Crippen LogP contribution in [0.1, 0.15) is 46.4 Å². The lowest BCUT2D eigenvalue weighted by Crippen LogP contribution is -2.40. The van der Waals surface area contributed by atoms with Crippen LogP contribution in [0.3, 0.4) is 0 Å². The van der Waals surface area contributed by atoms with Crippen molar-refractivity contribution in [3.8, 4) is 0 Å². The lowest BCUT2D eigenvalue weighted by molar-refractivity contribution is 0.0785. The number of nitrogens with zero attached hydrogens (tertiary/aromatic N) is 1. The van der Waals surface area contributed by atoms with Crippen LogP contribution in [0.4, 0.5) is 0 Å². The number of carbonyl (C=O) groups excluding carboxylic acids is 2. The molecule has 1 aromatic heterocycles. The third-order valence-corrected chi connectivity index (χ3v) is 4.93. The summed E-state index contributed by atoms with van der Waals surface area (Å²) in [7, 11) is 1.77. The van der Waals surface area contributed by atoms with Gasteiger partial charge >= 0.3 is 0 Å². The molecule has 1 aromatic carbocycles. The topological polar surface area (TPSA) is 49.4 Å². The summed E-state index contributed by atoms with van der Waals surface area (Å²) in [4.78, 5) is 27.4. The summed E-state index contributed by atoms with van der Waals surface area (Å²) in [6.07, 6.45) is 0. The Balaban J connectivity index is 2.04. The molecule has 0 unspecified atom stereocenters. The van der Waals surface area contributed by atoms with E-state index in [1.54, 1.807) is 47.5 Å². The Bertz CT molecular complexity index is 732. The normalized spacial score (nSPS) is 11.2. The van der Waals surface area contributed by atoms with E-state index in [1.807, 2.05) is 32.2 Å². The van der Waals surface area contributed by atoms with Crippen LogP contribution in [0.5, 0.6) is 0 Å². The molecule has 0 aliphatic rings. The Morgan fingerprint density at radius 3 is 2.25 bits per heavy atom. The summed E-state index contributed by atoms with van der Waals surface area (Å²) in [5, 5.41) is 4.90. The minimum atomic E-state index is -0.291. The number of hydrogen-bond acceptors (Lipinski definition) is 3. The molecule has 1 heterocycles. The Hall–Kier alpha value is -1.66. The van der Waals surface area contributed by atoms with Gasteiger partial charge in [-0.2, -0.15) is 0 Å². The molecule has 0 aliphatic heterocycles. The molecule has 0 atom stereocenters. The van der Waals surface area contributed by atoms with Crippen molar-refractivity contribution in [2.45, 2.75) is 32.9 Å². The minimum absolute atomic E-state index is 0.0673. The fourth-order valence-corrected chi connectivity index (χ4v) is 3.64. The van der Waals surface area contributed by atoms with Crippen molar-refractivity contribution < 1.29 is 9.59 Å². The highest BCUT2D eigenvalue weighted by molar-refractivity contribution is 9.10. The molecule has 2 aromatic rings. The molecule has 0 saturated carbocycles. The highest BCUT2D eigenvalue weighted by atomic mass is 79.9. The monoisotopic (exact) mass is 408 g/mol. The van der Waals surface area contributed by atoms with Gasteiger partial charge < -0.3 is 10.2 Å². The number of amides is 2. The van der Waals surface area contributed by atoms with Crippen LogP contribution in [0.2, 0.25) is 0 Å². The van der Waals surface area contributed by atoms with Crippen molar-refractivity contribution in [3.63, 3.8) is 0 Å². The first-order chi connectivity index (χ1) is 11.2. The summed E-state index contributed by atoms with van der Waals surface area (Å²) in [6.45, 7) is 6.35. The van der Waals surface area contributed by atoms with E-state index in [4.69, 9.17) is 0 Å². The van der Waals surface area contributed by atoms with E-state index >= 15 is 0 Å². The quantitative estimate of drug-likeness (QED) is 0.818. The number of carbonyl (C=O) groups is 2. The predicted octanol–water partition coefficient (Wildman–Crippen LogP) is 4.31. The van der Waals surface area contributed by atoms with E-state index in [0.29, 0.717) is 17.7 Å². The molecular formula is C18H21BrN2O2S. The summed E-state index contributed by atoms with van der Waals surface area (Å²) in [5.74, 6) is -0.208. The molecule has 128 valence electrons. The smallest absolute Gasteiger partial charge is 0.253 e. The minimum Gasteiger partial charge on any atom is -0.347 e. The molecule has 2 amide bonds. The zero-order chi connectivity index (χ0) is 17.9. The van der Waals surface area contributed by atoms with Crippen LogP contribution < -0.4 is 5.32 Å². The second-order valence-electron chi connectivity index (χ2n) is 6.67. The maximum Gasteiger partial charge on any atom is 0.253 e. The third kappa shape index (κ3) is 5.18. The van der Waals surface area contributed by atoms with Gasteiger partial charge in [-0.3, -0.25) is 9.59 Å². The second-order valence-corrected chi connectivity index (χ2v) is 8.59. The van der Waals surface area contributed by atoms with E-state index in [2.05, 4.69) is 21.2 Å². The first-order valence-corrected chi connectivity index (χ1v) is 9.24. The third-order valence-electron chi connectivity index (χ3n) is 3.24. The van der Waals surface area contributed by atoms with Crippen molar-refractivity contribution in [1.82, 2.24) is 10.2 Å². The fourth-order valence-electron chi connectivity index (χ4n) is 2.14. The molecule has 1 N–H and O–H groups in total. The van der Waals surface area contributed by atoms with Gasteiger partial charge in [0.05, 0.1) is 6.54 Å². The molecule has 2 rings (SSSR count). The number of benzene rings is 1. The Kier molecular flexibility index (Phi) is 5.83. The summed E-state index contributed by atoms with van der Waals surface area (Å²) >= 11 is 5.02. The van der Waals surface area contributed by atoms with Crippen molar-refractivity contribution >= 4 is 39.1 Å². The van der Waals surface area contributed by atoms with Gasteiger partial charge in [-0.1, -0.05) is 0 Å². The zero-order valence-electron chi connectivity index (χ0n) is 14.2. The van der Waals surface area contributed by atoms with E-state index in [1.165, 1.54) is 0 Å². The summed E-state index contributed by atoms with van der Waals surface area (Å²) < 4.78 is 1.03. The molecule has 0 radical (unpaired) electrons. The molecule has 0 saturated heterocycles. The Morgan fingerprint density at radius 1 is 1.17 bits per heavy atom. The Morgan fingerprint density at radius 2 is 1.75 bits per heavy atom. The molecule has 0 spiro atoms. The van der Waals surface area contributed by atoms with Crippen LogP contribution in [0.15, 0.2) is 40.2 Å². The van der Waals surface area contributed by atoms with Gasteiger partial charge in [-0.15, -0.1) is 11.3 Å². The second kappa shape index (κ2) is 7.49. The van der Waals surface area contributed by atoms with Crippen molar-refractivity contribution in [3.05, 3.63) is 56.2 Å². The maximum atomic E-state index is 12.5. The van der Waals surface area contributed by atoms with Gasteiger partial charge in [0, 0.05) is 38.4 Å². The average Bonchev–Trinajstić information content (AvgIpc) is 2.90. The number of thiophene rings is 1. The van der Waals surface area contributed by atoms with Crippen LogP contribution in [0.25, 0.3) is 0 Å². The van der Waals surface area contributed by atoms with Gasteiger partial charge in [-0.05, 0) is 67.0 Å². The van der Waals surface area contributed by atoms with Crippen molar-refractivity contribution in [1.29, 1.82) is 0 Å². The highest BCUT2D eigenvalue weighted by Gasteiger charge is 2.17. The fraction of sp³-hybridized carbons (Fsp3) is 0.333. The van der Waals surface area contributed by atoms with Gasteiger partial charge in [0.15, 0.2) is 0 Å². The number of nitrogens with one attached hydrogen (secondary N) is 1. The summed E-state index contributed by atoms with van der Waals surface area (Å²) in [6, 6.07) is 8.77. The van der Waals surface area contributed by atoms with Crippen LogP contribution >= 0.6 is 27.3 Å². The van der Waals surface area contributed by atoms with E-state index < -0.39 is 0 Å². The molecule has 0 fully saturated rings. The average molecular weight is 409 g/mol. The van der Waals surface area contributed by atoms with Crippen LogP contribution in [-0.2, 0) is 6.54 Å². The lowest BCUT2D eigenvalue weighted by atomic mass is 10.1.